The van der Waals surface area contributed by atoms with Crippen molar-refractivity contribution in [1.82, 2.24) is 0 Å². The number of halogens is 1. The summed E-state index contributed by atoms with van der Waals surface area (Å²) in [6.45, 7) is 6.52. The van der Waals surface area contributed by atoms with Gasteiger partial charge in [-0.1, -0.05) is 72.8 Å². The number of hydrogen-bond acceptors (Lipinski definition) is 0. The molecule has 0 spiro atoms. The molecule has 0 saturated carbocycles. The van der Waals surface area contributed by atoms with Crippen LogP contribution in [-0.2, 0) is 23.3 Å². The van der Waals surface area contributed by atoms with Crippen LogP contribution in [0.15, 0.2) is 60.7 Å². The average molecular weight is 487 g/mol. The second-order valence-electron chi connectivity index (χ2n) is 6.63. The predicted molar refractivity (Wildman–Crippen MR) is 103 cm³/mol. The molecule has 0 amide bonds. The first-order chi connectivity index (χ1) is 11.8. The molecule has 0 bridgehead atoms. The van der Waals surface area contributed by atoms with Gasteiger partial charge in [0.05, 0.1) is 0 Å². The standard InChI is InChI=1S/C22H21.BrH.H2Si.Zr/c1-15(2)22(20-13-11-16-7-3-5-9-18(16)20)21-14-12-17-8-4-6-10-19(17)21;;;/h3-14,20-22H,1-2H3;1H;1H2;/q-1;;;+2/p-1. The van der Waals surface area contributed by atoms with E-state index in [-0.39, 0.29) is 17.0 Å². The first kappa shape index (κ1) is 20.8. The number of hydrogen-bond donors (Lipinski definition) is 0. The summed E-state index contributed by atoms with van der Waals surface area (Å²) >= 11 is 1.58. The van der Waals surface area contributed by atoms with Crippen LogP contribution in [0.5, 0.6) is 0 Å². The fraction of sp³-hybridized carbons (Fsp3) is 0.227. The fourth-order valence-corrected chi connectivity index (χ4v) is 4.12. The Morgan fingerprint density at radius 2 is 1.20 bits per heavy atom. The van der Waals surface area contributed by atoms with Crippen molar-refractivity contribution in [3.63, 3.8) is 0 Å². The van der Waals surface area contributed by atoms with Crippen molar-refractivity contribution in [2.75, 3.05) is 0 Å². The molecule has 0 radical (unpaired) electrons. The van der Waals surface area contributed by atoms with Gasteiger partial charge < -0.3 is 22.9 Å². The summed E-state index contributed by atoms with van der Waals surface area (Å²) in [5, 5.41) is 0. The topological polar surface area (TPSA) is 0 Å². The molecule has 2 aromatic carbocycles. The van der Waals surface area contributed by atoms with Crippen molar-refractivity contribution in [3.05, 3.63) is 88.9 Å². The van der Waals surface area contributed by atoms with Crippen molar-refractivity contribution in [3.8, 4) is 0 Å². The summed E-state index contributed by atoms with van der Waals surface area (Å²) in [7, 11) is 0. The van der Waals surface area contributed by atoms with E-state index in [2.05, 4.69) is 86.7 Å². The van der Waals surface area contributed by atoms with E-state index in [0.29, 0.717) is 17.8 Å². The summed E-state index contributed by atoms with van der Waals surface area (Å²) in [5.74, 6) is 3.02. The fourth-order valence-electron chi connectivity index (χ4n) is 4.12. The summed E-state index contributed by atoms with van der Waals surface area (Å²) in [6, 6.07) is 17.6. The Kier molecular flexibility index (Phi) is 7.86. The zero-order valence-electron chi connectivity index (χ0n) is 14.7. The molecule has 2 aliphatic carbocycles. The molecular weight excluding hydrogens is 463 g/mol. The quantitative estimate of drug-likeness (QED) is 0.460. The molecule has 0 saturated heterocycles. The van der Waals surface area contributed by atoms with Gasteiger partial charge in [-0.15, -0.1) is 5.92 Å². The summed E-state index contributed by atoms with van der Waals surface area (Å²) in [4.78, 5) is 0. The SMILES string of the molecule is C[C-](C)C(C1C=Cc2ccccc21)C1C=Cc2ccccc21.[Br-].[SiH2]=[Zr+2]. The summed E-state index contributed by atoms with van der Waals surface area (Å²) in [6.07, 6.45) is 9.38. The van der Waals surface area contributed by atoms with Crippen molar-refractivity contribution in [1.29, 1.82) is 0 Å². The Hall–Kier alpha value is -0.500. The molecule has 0 N–H and O–H groups in total. The van der Waals surface area contributed by atoms with E-state index in [9.17, 15) is 0 Å². The van der Waals surface area contributed by atoms with Crippen LogP contribution < -0.4 is 17.0 Å². The molecule has 25 heavy (non-hydrogen) atoms. The van der Waals surface area contributed by atoms with Crippen LogP contribution in [0, 0.1) is 11.8 Å². The molecular formula is C22H23BrSiZr. The number of allylic oxidation sites excluding steroid dienone is 2. The monoisotopic (exact) mass is 484 g/mol. The average Bonchev–Trinajstić information content (AvgIpc) is 3.22. The van der Waals surface area contributed by atoms with Gasteiger partial charge in [-0.2, -0.15) is 13.8 Å². The van der Waals surface area contributed by atoms with Crippen LogP contribution in [0.25, 0.3) is 12.2 Å². The molecule has 0 fully saturated rings. The second-order valence-corrected chi connectivity index (χ2v) is 6.63. The van der Waals surface area contributed by atoms with Crippen molar-refractivity contribution >= 4 is 19.0 Å². The molecule has 126 valence electrons. The van der Waals surface area contributed by atoms with Crippen LogP contribution in [0.1, 0.15) is 47.9 Å². The molecule has 2 aromatic rings. The van der Waals surface area contributed by atoms with Crippen LogP contribution in [0.3, 0.4) is 0 Å². The predicted octanol–water partition coefficient (Wildman–Crippen LogP) is 1.92. The van der Waals surface area contributed by atoms with Gasteiger partial charge in [-0.05, 0) is 34.1 Å². The van der Waals surface area contributed by atoms with Crippen molar-refractivity contribution < 1.29 is 40.3 Å². The molecule has 0 aromatic heterocycles. The number of rotatable bonds is 3. The minimum atomic E-state index is 0. The van der Waals surface area contributed by atoms with E-state index >= 15 is 0 Å². The molecule has 2 aliphatic rings. The van der Waals surface area contributed by atoms with E-state index in [1.54, 1.807) is 23.3 Å². The third-order valence-electron chi connectivity index (χ3n) is 5.12. The summed E-state index contributed by atoms with van der Waals surface area (Å²) < 4.78 is 0. The van der Waals surface area contributed by atoms with Crippen LogP contribution in [-0.4, -0.2) is 6.88 Å². The molecule has 2 unspecified atom stereocenters. The Morgan fingerprint density at radius 1 is 0.800 bits per heavy atom. The van der Waals surface area contributed by atoms with Gasteiger partial charge in [0.15, 0.2) is 0 Å². The molecule has 4 rings (SSSR count). The van der Waals surface area contributed by atoms with Crippen molar-refractivity contribution in [2.24, 2.45) is 5.92 Å². The van der Waals surface area contributed by atoms with Crippen molar-refractivity contribution in [2.45, 2.75) is 25.7 Å². The van der Waals surface area contributed by atoms with Gasteiger partial charge in [-0.3, -0.25) is 0 Å². The van der Waals surface area contributed by atoms with Gasteiger partial charge in [0.25, 0.3) is 0 Å². The van der Waals surface area contributed by atoms with Gasteiger partial charge in [0, 0.05) is 0 Å². The Bertz CT molecular complexity index is 720. The van der Waals surface area contributed by atoms with Gasteiger partial charge in [-0.25, -0.2) is 0 Å². The normalized spacial score (nSPS) is 20.4. The van der Waals surface area contributed by atoms with E-state index in [1.165, 1.54) is 28.2 Å². The van der Waals surface area contributed by atoms with Gasteiger partial charge >= 0.3 is 30.2 Å². The van der Waals surface area contributed by atoms with Crippen LogP contribution >= 0.6 is 0 Å². The van der Waals surface area contributed by atoms with E-state index in [1.807, 2.05) is 6.88 Å². The summed E-state index contributed by atoms with van der Waals surface area (Å²) in [5.41, 5.74) is 5.72. The van der Waals surface area contributed by atoms with E-state index in [4.69, 9.17) is 0 Å². The number of fused-ring (bicyclic) bond motifs is 2. The second kappa shape index (κ2) is 9.44. The maximum atomic E-state index is 2.40. The van der Waals surface area contributed by atoms with Crippen LogP contribution in [0.4, 0.5) is 0 Å². The maximum absolute atomic E-state index is 2.40. The molecule has 3 heteroatoms. The van der Waals surface area contributed by atoms with E-state index < -0.39 is 0 Å². The van der Waals surface area contributed by atoms with Gasteiger partial charge in [0.1, 0.15) is 0 Å². The third-order valence-corrected chi connectivity index (χ3v) is 5.12. The number of benzene rings is 2. The first-order valence-corrected chi connectivity index (χ1v) is 14.4. The van der Waals surface area contributed by atoms with E-state index in [0.717, 1.165) is 0 Å². The molecule has 0 aliphatic heterocycles. The third kappa shape index (κ3) is 4.10. The first-order valence-electron chi connectivity index (χ1n) is 8.45. The Balaban J connectivity index is 0.000000726. The zero-order chi connectivity index (χ0) is 17.1. The van der Waals surface area contributed by atoms with Crippen LogP contribution in [0.2, 0.25) is 0 Å². The molecule has 0 heterocycles. The van der Waals surface area contributed by atoms with Gasteiger partial charge in [0.2, 0.25) is 0 Å². The Labute approximate surface area is 178 Å². The molecule has 2 atom stereocenters. The molecule has 0 nitrogen and oxygen atoms in total. The zero-order valence-corrected chi connectivity index (χ0v) is 20.2. The minimum absolute atomic E-state index is 0. The Morgan fingerprint density at radius 3 is 1.60 bits per heavy atom.